The molecule has 4 nitrogen and oxygen atoms in total. The molecule has 2 aliphatic heterocycles. The van der Waals surface area contributed by atoms with Crippen molar-refractivity contribution in [1.29, 1.82) is 0 Å². The van der Waals surface area contributed by atoms with Gasteiger partial charge < -0.3 is 4.90 Å². The molecule has 4 rings (SSSR count). The lowest BCUT2D eigenvalue weighted by molar-refractivity contribution is 0.175. The van der Waals surface area contributed by atoms with E-state index < -0.39 is 0 Å². The third-order valence-corrected chi connectivity index (χ3v) is 5.85. The number of likely N-dealkylation sites (tertiary alicyclic amines) is 1. The van der Waals surface area contributed by atoms with Crippen LogP contribution in [0.25, 0.3) is 4.96 Å². The van der Waals surface area contributed by atoms with E-state index in [9.17, 15) is 0 Å². The number of alkyl halides is 1. The van der Waals surface area contributed by atoms with Crippen molar-refractivity contribution in [2.24, 2.45) is 0 Å². The molecular weight excluding hydrogens is 304 g/mol. The van der Waals surface area contributed by atoms with Crippen LogP contribution < -0.4 is 4.90 Å². The maximum Gasteiger partial charge on any atom is 0.195 e. The standard InChI is InChI=1S/C15H21ClN4S/c16-10-13-14(17-15-20(13)8-9-21-15)19-7-4-12(11-19)18-5-2-1-3-6-18/h8-9,12H,1-7,10-11H2. The third-order valence-electron chi connectivity index (χ3n) is 4.84. The van der Waals surface area contributed by atoms with Gasteiger partial charge in [-0.05, 0) is 32.4 Å². The van der Waals surface area contributed by atoms with Crippen LogP contribution in [0.2, 0.25) is 0 Å². The predicted octanol–water partition coefficient (Wildman–Crippen LogP) is 3.20. The molecule has 2 fully saturated rings. The number of halogens is 1. The largest absolute Gasteiger partial charge is 0.353 e. The number of nitrogens with zero attached hydrogens (tertiary/aromatic N) is 4. The maximum absolute atomic E-state index is 6.18. The third kappa shape index (κ3) is 2.45. The Labute approximate surface area is 134 Å². The van der Waals surface area contributed by atoms with Crippen LogP contribution in [0.4, 0.5) is 5.82 Å². The molecule has 21 heavy (non-hydrogen) atoms. The van der Waals surface area contributed by atoms with E-state index in [0.29, 0.717) is 11.9 Å². The minimum atomic E-state index is 0.526. The average molecular weight is 325 g/mol. The number of fused-ring (bicyclic) bond motifs is 1. The number of imidazole rings is 1. The number of anilines is 1. The van der Waals surface area contributed by atoms with E-state index in [4.69, 9.17) is 16.6 Å². The van der Waals surface area contributed by atoms with Crippen LogP contribution in [0.15, 0.2) is 11.6 Å². The van der Waals surface area contributed by atoms with Gasteiger partial charge in [-0.15, -0.1) is 22.9 Å². The highest BCUT2D eigenvalue weighted by molar-refractivity contribution is 7.15. The highest BCUT2D eigenvalue weighted by Crippen LogP contribution is 2.30. The molecule has 2 aromatic rings. The summed E-state index contributed by atoms with van der Waals surface area (Å²) < 4.78 is 2.14. The topological polar surface area (TPSA) is 23.8 Å². The van der Waals surface area contributed by atoms with Crippen LogP contribution in [0, 0.1) is 0 Å². The first-order valence-corrected chi connectivity index (χ1v) is 9.27. The van der Waals surface area contributed by atoms with Crippen LogP contribution in [-0.4, -0.2) is 46.5 Å². The van der Waals surface area contributed by atoms with Crippen LogP contribution >= 0.6 is 22.9 Å². The van der Waals surface area contributed by atoms with Gasteiger partial charge in [-0.1, -0.05) is 6.42 Å². The van der Waals surface area contributed by atoms with Gasteiger partial charge in [0.05, 0.1) is 11.6 Å². The summed E-state index contributed by atoms with van der Waals surface area (Å²) in [5.41, 5.74) is 1.15. The number of hydrogen-bond acceptors (Lipinski definition) is 4. The zero-order valence-electron chi connectivity index (χ0n) is 12.2. The maximum atomic E-state index is 6.18. The van der Waals surface area contributed by atoms with E-state index in [1.807, 2.05) is 0 Å². The summed E-state index contributed by atoms with van der Waals surface area (Å²) in [7, 11) is 0. The summed E-state index contributed by atoms with van der Waals surface area (Å²) >= 11 is 7.86. The molecule has 0 aromatic carbocycles. The molecule has 0 amide bonds. The van der Waals surface area contributed by atoms with Crippen molar-refractivity contribution in [3.8, 4) is 0 Å². The Kier molecular flexibility index (Phi) is 3.81. The molecule has 0 spiro atoms. The van der Waals surface area contributed by atoms with Gasteiger partial charge in [0, 0.05) is 30.7 Å². The monoisotopic (exact) mass is 324 g/mol. The van der Waals surface area contributed by atoms with Gasteiger partial charge >= 0.3 is 0 Å². The number of thiazole rings is 1. The van der Waals surface area contributed by atoms with E-state index in [-0.39, 0.29) is 0 Å². The SMILES string of the molecule is ClCc1c(N2CCC(N3CCCCC3)C2)nc2sccn12. The van der Waals surface area contributed by atoms with E-state index in [1.54, 1.807) is 11.3 Å². The quantitative estimate of drug-likeness (QED) is 0.810. The lowest BCUT2D eigenvalue weighted by atomic mass is 10.1. The fraction of sp³-hybridized carbons (Fsp3) is 0.667. The first-order chi connectivity index (χ1) is 10.4. The Hall–Kier alpha value is -0.780. The number of piperidine rings is 1. The molecule has 2 aromatic heterocycles. The minimum Gasteiger partial charge on any atom is -0.353 e. The fourth-order valence-electron chi connectivity index (χ4n) is 3.71. The number of aromatic nitrogens is 2. The minimum absolute atomic E-state index is 0.526. The fourth-order valence-corrected chi connectivity index (χ4v) is 4.69. The van der Waals surface area contributed by atoms with Gasteiger partial charge in [-0.2, -0.15) is 0 Å². The second-order valence-electron chi connectivity index (χ2n) is 6.06. The van der Waals surface area contributed by atoms with E-state index >= 15 is 0 Å². The Bertz CT molecular complexity index is 616. The Morgan fingerprint density at radius 2 is 2.10 bits per heavy atom. The van der Waals surface area contributed by atoms with Crippen molar-refractivity contribution in [3.05, 3.63) is 17.3 Å². The summed E-state index contributed by atoms with van der Waals surface area (Å²) in [6, 6.07) is 0.702. The molecule has 0 bridgehead atoms. The molecule has 1 unspecified atom stereocenters. The summed E-state index contributed by atoms with van der Waals surface area (Å²) in [5.74, 6) is 1.63. The zero-order valence-corrected chi connectivity index (χ0v) is 13.7. The first kappa shape index (κ1) is 13.9. The molecule has 2 aliphatic rings. The van der Waals surface area contributed by atoms with E-state index in [2.05, 4.69) is 25.8 Å². The molecule has 2 saturated heterocycles. The molecule has 114 valence electrons. The molecule has 0 aliphatic carbocycles. The van der Waals surface area contributed by atoms with E-state index in [0.717, 1.165) is 29.6 Å². The van der Waals surface area contributed by atoms with Gasteiger partial charge in [0.2, 0.25) is 0 Å². The summed E-state index contributed by atoms with van der Waals surface area (Å²) in [6.45, 7) is 4.77. The van der Waals surface area contributed by atoms with Crippen molar-refractivity contribution in [3.63, 3.8) is 0 Å². The lowest BCUT2D eigenvalue weighted by Gasteiger charge is -2.32. The van der Waals surface area contributed by atoms with Crippen molar-refractivity contribution in [2.45, 2.75) is 37.6 Å². The predicted molar refractivity (Wildman–Crippen MR) is 88.7 cm³/mol. The molecule has 0 saturated carbocycles. The van der Waals surface area contributed by atoms with Gasteiger partial charge in [0.15, 0.2) is 10.8 Å². The summed E-state index contributed by atoms with van der Waals surface area (Å²) in [4.78, 5) is 11.0. The van der Waals surface area contributed by atoms with Crippen molar-refractivity contribution >= 4 is 33.7 Å². The lowest BCUT2D eigenvalue weighted by Crippen LogP contribution is -2.41. The Balaban J connectivity index is 1.54. The van der Waals surface area contributed by atoms with Crippen LogP contribution in [0.3, 0.4) is 0 Å². The van der Waals surface area contributed by atoms with Gasteiger partial charge in [-0.3, -0.25) is 9.30 Å². The number of hydrogen-bond donors (Lipinski definition) is 0. The van der Waals surface area contributed by atoms with E-state index in [1.165, 1.54) is 38.8 Å². The molecule has 6 heteroatoms. The van der Waals surface area contributed by atoms with Gasteiger partial charge in [0.1, 0.15) is 0 Å². The highest BCUT2D eigenvalue weighted by atomic mass is 35.5. The highest BCUT2D eigenvalue weighted by Gasteiger charge is 2.31. The molecule has 4 heterocycles. The van der Waals surface area contributed by atoms with Gasteiger partial charge in [-0.25, -0.2) is 4.98 Å². The molecule has 0 N–H and O–H groups in total. The van der Waals surface area contributed by atoms with Crippen molar-refractivity contribution in [2.75, 3.05) is 31.1 Å². The van der Waals surface area contributed by atoms with Crippen molar-refractivity contribution < 1.29 is 0 Å². The second kappa shape index (κ2) is 5.78. The second-order valence-corrected chi connectivity index (χ2v) is 7.20. The molecule has 1 atom stereocenters. The average Bonchev–Trinajstić information content (AvgIpc) is 3.22. The Morgan fingerprint density at radius 1 is 1.24 bits per heavy atom. The van der Waals surface area contributed by atoms with Gasteiger partial charge in [0.25, 0.3) is 0 Å². The Morgan fingerprint density at radius 3 is 2.90 bits per heavy atom. The molecular formula is C15H21ClN4S. The van der Waals surface area contributed by atoms with Crippen LogP contribution in [0.5, 0.6) is 0 Å². The first-order valence-electron chi connectivity index (χ1n) is 7.86. The summed E-state index contributed by atoms with van der Waals surface area (Å²) in [6.07, 6.45) is 7.47. The van der Waals surface area contributed by atoms with Crippen LogP contribution in [-0.2, 0) is 5.88 Å². The smallest absolute Gasteiger partial charge is 0.195 e. The summed E-state index contributed by atoms with van der Waals surface area (Å²) in [5, 5.41) is 2.07. The normalized spacial score (nSPS) is 24.2. The number of rotatable bonds is 3. The van der Waals surface area contributed by atoms with Crippen molar-refractivity contribution in [1.82, 2.24) is 14.3 Å². The molecule has 0 radical (unpaired) electrons. The van der Waals surface area contributed by atoms with Crippen LogP contribution in [0.1, 0.15) is 31.4 Å². The zero-order chi connectivity index (χ0) is 14.2.